The Bertz CT molecular complexity index is 541. The molecule has 0 amide bonds. The molecule has 0 aliphatic carbocycles. The van der Waals surface area contributed by atoms with E-state index >= 15 is 0 Å². The van der Waals surface area contributed by atoms with Crippen molar-refractivity contribution in [3.05, 3.63) is 36.4 Å². The highest BCUT2D eigenvalue weighted by Crippen LogP contribution is 2.32. The van der Waals surface area contributed by atoms with Crippen LogP contribution in [-0.2, 0) is 0 Å². The van der Waals surface area contributed by atoms with E-state index in [2.05, 4.69) is 10.3 Å². The summed E-state index contributed by atoms with van der Waals surface area (Å²) in [5.41, 5.74) is 1.80. The number of nitrogens with one attached hydrogen (secondary N) is 1. The number of anilines is 1. The summed E-state index contributed by atoms with van der Waals surface area (Å²) in [6, 6.07) is 11.5. The maximum Gasteiger partial charge on any atom is 0.131 e. The van der Waals surface area contributed by atoms with Crippen molar-refractivity contribution in [1.82, 2.24) is 4.98 Å². The normalized spacial score (nSPS) is 9.94. The summed E-state index contributed by atoms with van der Waals surface area (Å²) in [7, 11) is 5.12. The summed E-state index contributed by atoms with van der Waals surface area (Å²) in [5.74, 6) is 2.33. The first kappa shape index (κ1) is 12.2. The summed E-state index contributed by atoms with van der Waals surface area (Å²) >= 11 is 0. The van der Waals surface area contributed by atoms with Crippen LogP contribution in [0, 0.1) is 0 Å². The number of hydrogen-bond acceptors (Lipinski definition) is 4. The molecule has 0 aliphatic heterocycles. The van der Waals surface area contributed by atoms with Gasteiger partial charge in [0.2, 0.25) is 0 Å². The van der Waals surface area contributed by atoms with E-state index in [1.54, 1.807) is 14.2 Å². The molecule has 0 spiro atoms. The molecule has 0 fully saturated rings. The molecule has 1 N–H and O–H groups in total. The number of aromatic nitrogens is 1. The Morgan fingerprint density at radius 3 is 2.56 bits per heavy atom. The predicted octanol–water partition coefficient (Wildman–Crippen LogP) is 2.81. The third kappa shape index (κ3) is 2.37. The molecule has 0 bridgehead atoms. The van der Waals surface area contributed by atoms with Crippen molar-refractivity contribution in [2.24, 2.45) is 0 Å². The van der Waals surface area contributed by atoms with Crippen molar-refractivity contribution in [2.75, 3.05) is 26.6 Å². The van der Waals surface area contributed by atoms with Gasteiger partial charge in [0, 0.05) is 18.7 Å². The van der Waals surface area contributed by atoms with E-state index in [9.17, 15) is 0 Å². The zero-order chi connectivity index (χ0) is 13.0. The molecule has 0 saturated carbocycles. The Labute approximate surface area is 107 Å². The van der Waals surface area contributed by atoms with Gasteiger partial charge in [0.1, 0.15) is 17.3 Å². The van der Waals surface area contributed by atoms with Crippen LogP contribution in [0.3, 0.4) is 0 Å². The molecule has 0 atom stereocenters. The van der Waals surface area contributed by atoms with Gasteiger partial charge < -0.3 is 14.8 Å². The second kappa shape index (κ2) is 5.40. The molecule has 4 nitrogen and oxygen atoms in total. The topological polar surface area (TPSA) is 43.4 Å². The fraction of sp³-hybridized carbons (Fsp3) is 0.214. The number of hydrogen-bond donors (Lipinski definition) is 1. The van der Waals surface area contributed by atoms with Gasteiger partial charge >= 0.3 is 0 Å². The summed E-state index contributed by atoms with van der Waals surface area (Å²) in [5, 5.41) is 3.02. The lowest BCUT2D eigenvalue weighted by molar-refractivity contribution is 0.395. The summed E-state index contributed by atoms with van der Waals surface area (Å²) < 4.78 is 10.6. The standard InChI is InChI=1S/C14H16N2O2/c1-15-14-6-4-5-12(16-14)11-8-7-10(17-2)9-13(11)18-3/h4-9H,1-3H3,(H,15,16). The van der Waals surface area contributed by atoms with E-state index in [1.807, 2.05) is 43.4 Å². The Morgan fingerprint density at radius 2 is 1.89 bits per heavy atom. The lowest BCUT2D eigenvalue weighted by Gasteiger charge is -2.10. The predicted molar refractivity (Wildman–Crippen MR) is 72.3 cm³/mol. The monoisotopic (exact) mass is 244 g/mol. The Morgan fingerprint density at radius 1 is 1.06 bits per heavy atom. The first-order valence-electron chi connectivity index (χ1n) is 5.65. The van der Waals surface area contributed by atoms with Crippen LogP contribution in [0.2, 0.25) is 0 Å². The van der Waals surface area contributed by atoms with Crippen molar-refractivity contribution < 1.29 is 9.47 Å². The molecule has 0 saturated heterocycles. The quantitative estimate of drug-likeness (QED) is 0.898. The van der Waals surface area contributed by atoms with Crippen molar-refractivity contribution in [1.29, 1.82) is 0 Å². The van der Waals surface area contributed by atoms with Crippen molar-refractivity contribution in [2.45, 2.75) is 0 Å². The molecule has 1 aromatic carbocycles. The number of benzene rings is 1. The maximum atomic E-state index is 5.38. The third-order valence-corrected chi connectivity index (χ3v) is 2.69. The van der Waals surface area contributed by atoms with Gasteiger partial charge in [-0.1, -0.05) is 6.07 Å². The van der Waals surface area contributed by atoms with Gasteiger partial charge in [-0.05, 0) is 24.3 Å². The lowest BCUT2D eigenvalue weighted by atomic mass is 10.1. The lowest BCUT2D eigenvalue weighted by Crippen LogP contribution is -1.95. The minimum Gasteiger partial charge on any atom is -0.497 e. The number of pyridine rings is 1. The van der Waals surface area contributed by atoms with Crippen LogP contribution in [0.25, 0.3) is 11.3 Å². The summed E-state index contributed by atoms with van der Waals surface area (Å²) in [4.78, 5) is 4.49. The Hall–Kier alpha value is -2.23. The third-order valence-electron chi connectivity index (χ3n) is 2.69. The van der Waals surface area contributed by atoms with Crippen LogP contribution in [0.4, 0.5) is 5.82 Å². The molecular formula is C14H16N2O2. The molecule has 2 aromatic rings. The number of methoxy groups -OCH3 is 2. The van der Waals surface area contributed by atoms with Crippen LogP contribution < -0.4 is 14.8 Å². The second-order valence-electron chi connectivity index (χ2n) is 3.72. The largest absolute Gasteiger partial charge is 0.497 e. The van der Waals surface area contributed by atoms with E-state index in [4.69, 9.17) is 9.47 Å². The molecule has 1 heterocycles. The molecule has 0 radical (unpaired) electrons. The van der Waals surface area contributed by atoms with Crippen LogP contribution in [-0.4, -0.2) is 26.3 Å². The van der Waals surface area contributed by atoms with E-state index < -0.39 is 0 Å². The molecule has 0 aliphatic rings. The highest BCUT2D eigenvalue weighted by molar-refractivity contribution is 5.69. The average molecular weight is 244 g/mol. The van der Waals surface area contributed by atoms with Gasteiger partial charge in [0.05, 0.1) is 19.9 Å². The molecule has 94 valence electrons. The molecule has 2 rings (SSSR count). The van der Waals surface area contributed by atoms with Crippen molar-refractivity contribution >= 4 is 5.82 Å². The van der Waals surface area contributed by atoms with Crippen LogP contribution in [0.15, 0.2) is 36.4 Å². The first-order valence-corrected chi connectivity index (χ1v) is 5.65. The zero-order valence-electron chi connectivity index (χ0n) is 10.7. The Kier molecular flexibility index (Phi) is 3.67. The van der Waals surface area contributed by atoms with Crippen LogP contribution in [0.1, 0.15) is 0 Å². The van der Waals surface area contributed by atoms with Crippen molar-refractivity contribution in [3.8, 4) is 22.8 Å². The van der Waals surface area contributed by atoms with Crippen LogP contribution in [0.5, 0.6) is 11.5 Å². The van der Waals surface area contributed by atoms with Gasteiger partial charge in [-0.25, -0.2) is 4.98 Å². The summed E-state index contributed by atoms with van der Waals surface area (Å²) in [6.45, 7) is 0. The minimum absolute atomic E-state index is 0.745. The van der Waals surface area contributed by atoms with Gasteiger partial charge in [0.15, 0.2) is 0 Å². The van der Waals surface area contributed by atoms with Gasteiger partial charge in [-0.15, -0.1) is 0 Å². The van der Waals surface area contributed by atoms with Crippen molar-refractivity contribution in [3.63, 3.8) is 0 Å². The molecule has 1 aromatic heterocycles. The fourth-order valence-corrected chi connectivity index (χ4v) is 1.73. The van der Waals surface area contributed by atoms with Gasteiger partial charge in [-0.3, -0.25) is 0 Å². The maximum absolute atomic E-state index is 5.38. The second-order valence-corrected chi connectivity index (χ2v) is 3.72. The smallest absolute Gasteiger partial charge is 0.131 e. The molecule has 0 unspecified atom stereocenters. The fourth-order valence-electron chi connectivity index (χ4n) is 1.73. The van der Waals surface area contributed by atoms with Gasteiger partial charge in [0.25, 0.3) is 0 Å². The molecular weight excluding hydrogens is 228 g/mol. The number of rotatable bonds is 4. The molecule has 18 heavy (non-hydrogen) atoms. The molecule has 4 heteroatoms. The highest BCUT2D eigenvalue weighted by Gasteiger charge is 2.08. The SMILES string of the molecule is CNc1cccc(-c2ccc(OC)cc2OC)n1. The summed E-state index contributed by atoms with van der Waals surface area (Å²) in [6.07, 6.45) is 0. The van der Waals surface area contributed by atoms with Crippen LogP contribution >= 0.6 is 0 Å². The zero-order valence-corrected chi connectivity index (χ0v) is 10.7. The van der Waals surface area contributed by atoms with E-state index in [0.29, 0.717) is 0 Å². The van der Waals surface area contributed by atoms with E-state index in [-0.39, 0.29) is 0 Å². The average Bonchev–Trinajstić information content (AvgIpc) is 2.46. The minimum atomic E-state index is 0.745. The first-order chi connectivity index (χ1) is 8.78. The van der Waals surface area contributed by atoms with Gasteiger partial charge in [-0.2, -0.15) is 0 Å². The number of ether oxygens (including phenoxy) is 2. The van der Waals surface area contributed by atoms with E-state index in [1.165, 1.54) is 0 Å². The number of nitrogens with zero attached hydrogens (tertiary/aromatic N) is 1. The Balaban J connectivity index is 2.48. The van der Waals surface area contributed by atoms with E-state index in [0.717, 1.165) is 28.6 Å². The highest BCUT2D eigenvalue weighted by atomic mass is 16.5.